The Kier molecular flexibility index (Phi) is 8.50. The van der Waals surface area contributed by atoms with Gasteiger partial charge in [-0.1, -0.05) is 19.3 Å². The van der Waals surface area contributed by atoms with Crippen LogP contribution in [-0.4, -0.2) is 82.1 Å². The highest BCUT2D eigenvalue weighted by atomic mass is 32.2. The van der Waals surface area contributed by atoms with Crippen LogP contribution in [0.2, 0.25) is 0 Å². The Morgan fingerprint density at radius 1 is 1.16 bits per heavy atom. The number of benzene rings is 1. The van der Waals surface area contributed by atoms with E-state index in [0.29, 0.717) is 19.8 Å². The second-order valence-corrected chi connectivity index (χ2v) is 9.84. The van der Waals surface area contributed by atoms with Gasteiger partial charge in [-0.15, -0.1) is 0 Å². The summed E-state index contributed by atoms with van der Waals surface area (Å²) < 4.78 is 43.2. The SMILES string of the molecule is CCN(C(=O)COC(=O)c1ccc(OC)c(S(=O)(=O)N2CCOCC2)c1)C1CCCCC1. The molecular weight excluding hydrogens is 436 g/mol. The molecule has 1 aliphatic carbocycles. The maximum Gasteiger partial charge on any atom is 0.338 e. The summed E-state index contributed by atoms with van der Waals surface area (Å²) in [6, 6.07) is 4.29. The van der Waals surface area contributed by atoms with Gasteiger partial charge >= 0.3 is 5.97 Å². The molecule has 1 amide bonds. The third-order valence-electron chi connectivity index (χ3n) is 5.99. The lowest BCUT2D eigenvalue weighted by atomic mass is 9.94. The number of hydrogen-bond donors (Lipinski definition) is 0. The molecule has 3 rings (SSSR count). The van der Waals surface area contributed by atoms with Crippen molar-refractivity contribution in [1.29, 1.82) is 0 Å². The number of carbonyl (C=O) groups is 2. The minimum Gasteiger partial charge on any atom is -0.495 e. The number of methoxy groups -OCH3 is 1. The van der Waals surface area contributed by atoms with Crippen LogP contribution in [0.1, 0.15) is 49.4 Å². The van der Waals surface area contributed by atoms with Crippen LogP contribution in [0.5, 0.6) is 5.75 Å². The number of rotatable bonds is 8. The van der Waals surface area contributed by atoms with E-state index < -0.39 is 16.0 Å². The first-order valence-electron chi connectivity index (χ1n) is 11.1. The average Bonchev–Trinajstić information content (AvgIpc) is 2.83. The molecular formula is C22H32N2O7S. The molecule has 1 saturated carbocycles. The third kappa shape index (κ3) is 5.60. The largest absolute Gasteiger partial charge is 0.495 e. The number of nitrogens with zero attached hydrogens (tertiary/aromatic N) is 2. The zero-order chi connectivity index (χ0) is 23.1. The smallest absolute Gasteiger partial charge is 0.338 e. The molecule has 10 heteroatoms. The van der Waals surface area contributed by atoms with E-state index in [0.717, 1.165) is 25.7 Å². The van der Waals surface area contributed by atoms with Gasteiger partial charge in [-0.3, -0.25) is 4.79 Å². The molecule has 0 unspecified atom stereocenters. The first-order chi connectivity index (χ1) is 15.4. The molecule has 1 saturated heterocycles. The van der Waals surface area contributed by atoms with Gasteiger partial charge in [-0.05, 0) is 38.0 Å². The van der Waals surface area contributed by atoms with E-state index in [1.54, 1.807) is 4.90 Å². The average molecular weight is 469 g/mol. The number of hydrogen-bond acceptors (Lipinski definition) is 7. The van der Waals surface area contributed by atoms with Gasteiger partial charge < -0.3 is 19.1 Å². The van der Waals surface area contributed by atoms with E-state index in [9.17, 15) is 18.0 Å². The van der Waals surface area contributed by atoms with Crippen molar-refractivity contribution in [3.05, 3.63) is 23.8 Å². The molecule has 32 heavy (non-hydrogen) atoms. The van der Waals surface area contributed by atoms with Gasteiger partial charge in [0.15, 0.2) is 6.61 Å². The van der Waals surface area contributed by atoms with Gasteiger partial charge in [0.2, 0.25) is 10.0 Å². The topological polar surface area (TPSA) is 102 Å². The first-order valence-corrected chi connectivity index (χ1v) is 12.5. The summed E-state index contributed by atoms with van der Waals surface area (Å²) in [4.78, 5) is 26.9. The van der Waals surface area contributed by atoms with Gasteiger partial charge in [0, 0.05) is 25.7 Å². The van der Waals surface area contributed by atoms with Crippen LogP contribution in [0.15, 0.2) is 23.1 Å². The fourth-order valence-electron chi connectivity index (χ4n) is 4.26. The second-order valence-electron chi connectivity index (χ2n) is 7.93. The monoisotopic (exact) mass is 468 g/mol. The first kappa shape index (κ1) is 24.5. The Hall–Kier alpha value is -2.17. The molecule has 0 spiro atoms. The Morgan fingerprint density at radius 3 is 2.47 bits per heavy atom. The van der Waals surface area contributed by atoms with Crippen LogP contribution in [0.4, 0.5) is 0 Å². The summed E-state index contributed by atoms with van der Waals surface area (Å²) in [5.41, 5.74) is 0.0474. The van der Waals surface area contributed by atoms with Gasteiger partial charge in [-0.25, -0.2) is 13.2 Å². The third-order valence-corrected chi connectivity index (χ3v) is 7.91. The zero-order valence-electron chi connectivity index (χ0n) is 18.7. The number of carbonyl (C=O) groups excluding carboxylic acids is 2. The Bertz CT molecular complexity index is 907. The minimum atomic E-state index is -3.88. The van der Waals surface area contributed by atoms with Crippen molar-refractivity contribution < 1.29 is 32.2 Å². The van der Waals surface area contributed by atoms with Gasteiger partial charge in [0.25, 0.3) is 5.91 Å². The minimum absolute atomic E-state index is 0.0474. The van der Waals surface area contributed by atoms with E-state index in [1.807, 2.05) is 6.92 Å². The van der Waals surface area contributed by atoms with Crippen molar-refractivity contribution in [2.24, 2.45) is 0 Å². The van der Waals surface area contributed by atoms with Crippen LogP contribution in [0.25, 0.3) is 0 Å². The van der Waals surface area contributed by atoms with E-state index in [2.05, 4.69) is 0 Å². The maximum atomic E-state index is 13.1. The molecule has 1 aromatic rings. The molecule has 1 aromatic carbocycles. The molecule has 178 valence electrons. The van der Waals surface area contributed by atoms with E-state index in [4.69, 9.17) is 14.2 Å². The summed E-state index contributed by atoms with van der Waals surface area (Å²) in [6.07, 6.45) is 5.31. The number of likely N-dealkylation sites (N-methyl/N-ethyl adjacent to an activating group) is 1. The summed E-state index contributed by atoms with van der Waals surface area (Å²) in [5, 5.41) is 0. The molecule has 9 nitrogen and oxygen atoms in total. The fourth-order valence-corrected chi connectivity index (χ4v) is 5.85. The van der Waals surface area contributed by atoms with Crippen molar-refractivity contribution in [3.63, 3.8) is 0 Å². The molecule has 0 N–H and O–H groups in total. The summed E-state index contributed by atoms with van der Waals surface area (Å²) in [7, 11) is -2.51. The molecule has 0 aromatic heterocycles. The Labute approximate surface area is 189 Å². The number of esters is 1. The van der Waals surface area contributed by atoms with E-state index in [-0.39, 0.29) is 47.9 Å². The predicted molar refractivity (Wildman–Crippen MR) is 117 cm³/mol. The normalized spacial score (nSPS) is 18.2. The van der Waals surface area contributed by atoms with Crippen molar-refractivity contribution in [2.75, 3.05) is 46.6 Å². The summed E-state index contributed by atoms with van der Waals surface area (Å²) in [5.74, 6) is -0.847. The number of amides is 1. The van der Waals surface area contributed by atoms with Crippen LogP contribution in [0, 0.1) is 0 Å². The molecule has 2 aliphatic rings. The van der Waals surface area contributed by atoms with Crippen molar-refractivity contribution in [2.45, 2.75) is 50.0 Å². The number of ether oxygens (including phenoxy) is 3. The number of morpholine rings is 1. The predicted octanol–water partition coefficient (Wildman–Crippen LogP) is 2.05. The summed E-state index contributed by atoms with van der Waals surface area (Å²) >= 11 is 0. The van der Waals surface area contributed by atoms with E-state index in [1.165, 1.54) is 36.0 Å². The van der Waals surface area contributed by atoms with Crippen LogP contribution in [-0.2, 0) is 24.3 Å². The highest BCUT2D eigenvalue weighted by molar-refractivity contribution is 7.89. The maximum absolute atomic E-state index is 13.1. The van der Waals surface area contributed by atoms with Gasteiger partial charge in [-0.2, -0.15) is 4.31 Å². The highest BCUT2D eigenvalue weighted by Crippen LogP contribution is 2.29. The number of sulfonamides is 1. The van der Waals surface area contributed by atoms with Crippen molar-refractivity contribution >= 4 is 21.9 Å². The zero-order valence-corrected chi connectivity index (χ0v) is 19.6. The van der Waals surface area contributed by atoms with Gasteiger partial charge in [0.1, 0.15) is 10.6 Å². The van der Waals surface area contributed by atoms with Crippen LogP contribution >= 0.6 is 0 Å². The lowest BCUT2D eigenvalue weighted by Crippen LogP contribution is -2.43. The molecule has 1 heterocycles. The standard InChI is InChI=1S/C22H32N2O7S/c1-3-24(18-7-5-4-6-8-18)21(25)16-31-22(26)17-9-10-19(29-2)20(15-17)32(27,28)23-11-13-30-14-12-23/h9-10,15,18H,3-8,11-14,16H2,1-2H3. The Morgan fingerprint density at radius 2 is 1.84 bits per heavy atom. The molecule has 0 bridgehead atoms. The highest BCUT2D eigenvalue weighted by Gasteiger charge is 2.31. The molecule has 0 atom stereocenters. The molecule has 2 fully saturated rings. The van der Waals surface area contributed by atoms with Crippen molar-refractivity contribution in [3.8, 4) is 5.75 Å². The van der Waals surface area contributed by atoms with Crippen LogP contribution < -0.4 is 4.74 Å². The lowest BCUT2D eigenvalue weighted by Gasteiger charge is -2.33. The second kappa shape index (κ2) is 11.1. The fraction of sp³-hybridized carbons (Fsp3) is 0.636. The lowest BCUT2D eigenvalue weighted by molar-refractivity contribution is -0.137. The molecule has 0 radical (unpaired) electrons. The van der Waals surface area contributed by atoms with Crippen molar-refractivity contribution in [1.82, 2.24) is 9.21 Å². The van der Waals surface area contributed by atoms with Crippen LogP contribution in [0.3, 0.4) is 0 Å². The summed E-state index contributed by atoms with van der Waals surface area (Å²) in [6.45, 7) is 3.17. The van der Waals surface area contributed by atoms with E-state index >= 15 is 0 Å². The van der Waals surface area contributed by atoms with Gasteiger partial charge in [0.05, 0.1) is 25.9 Å². The Balaban J connectivity index is 1.71. The quantitative estimate of drug-likeness (QED) is 0.538. The molecule has 1 aliphatic heterocycles.